The first-order valence-electron chi connectivity index (χ1n) is 9.72. The SMILES string of the molecule is Cc1ccc(C)c(NC(=O)CSc2cn(Cc3ccccc3)c3ccccc23)c1. The smallest absolute Gasteiger partial charge is 0.234 e. The summed E-state index contributed by atoms with van der Waals surface area (Å²) in [4.78, 5) is 13.7. The van der Waals surface area contributed by atoms with Crippen molar-refractivity contribution in [3.8, 4) is 0 Å². The summed E-state index contributed by atoms with van der Waals surface area (Å²) in [5.74, 6) is 0.399. The van der Waals surface area contributed by atoms with E-state index in [1.54, 1.807) is 11.8 Å². The van der Waals surface area contributed by atoms with Crippen LogP contribution in [0.5, 0.6) is 0 Å². The Kier molecular flexibility index (Phi) is 5.72. The quantitative estimate of drug-likeness (QED) is 0.401. The second-order valence-corrected chi connectivity index (χ2v) is 8.30. The lowest BCUT2D eigenvalue weighted by molar-refractivity contribution is -0.113. The van der Waals surface area contributed by atoms with E-state index in [1.165, 1.54) is 16.5 Å². The maximum Gasteiger partial charge on any atom is 0.234 e. The molecule has 1 heterocycles. The lowest BCUT2D eigenvalue weighted by Gasteiger charge is -2.09. The highest BCUT2D eigenvalue weighted by Crippen LogP contribution is 2.30. The fraction of sp³-hybridized carbons (Fsp3) is 0.160. The first-order chi connectivity index (χ1) is 14.1. The van der Waals surface area contributed by atoms with Crippen molar-refractivity contribution in [1.29, 1.82) is 0 Å². The molecule has 4 aromatic rings. The minimum absolute atomic E-state index is 0.0172. The number of anilines is 1. The van der Waals surface area contributed by atoms with Gasteiger partial charge in [-0.1, -0.05) is 60.7 Å². The molecule has 0 aliphatic rings. The Morgan fingerprint density at radius 3 is 2.55 bits per heavy atom. The van der Waals surface area contributed by atoms with E-state index in [9.17, 15) is 4.79 Å². The monoisotopic (exact) mass is 400 g/mol. The van der Waals surface area contributed by atoms with Crippen LogP contribution in [0.1, 0.15) is 16.7 Å². The summed E-state index contributed by atoms with van der Waals surface area (Å²) in [6.07, 6.45) is 2.16. The molecule has 0 fully saturated rings. The highest BCUT2D eigenvalue weighted by atomic mass is 32.2. The Labute approximate surface area is 175 Å². The molecule has 4 heteroatoms. The largest absolute Gasteiger partial charge is 0.342 e. The fourth-order valence-electron chi connectivity index (χ4n) is 3.44. The van der Waals surface area contributed by atoms with Crippen LogP contribution < -0.4 is 5.32 Å². The number of aromatic nitrogens is 1. The minimum atomic E-state index is 0.0172. The molecule has 1 N–H and O–H groups in total. The molecule has 0 unspecified atom stereocenters. The van der Waals surface area contributed by atoms with Gasteiger partial charge >= 0.3 is 0 Å². The number of carbonyl (C=O) groups is 1. The van der Waals surface area contributed by atoms with Crippen LogP contribution in [-0.4, -0.2) is 16.2 Å². The number of benzene rings is 3. The van der Waals surface area contributed by atoms with Crippen molar-refractivity contribution in [3.63, 3.8) is 0 Å². The van der Waals surface area contributed by atoms with Crippen LogP contribution in [0.3, 0.4) is 0 Å². The molecule has 1 amide bonds. The number of fused-ring (bicyclic) bond motifs is 1. The molecule has 29 heavy (non-hydrogen) atoms. The van der Waals surface area contributed by atoms with E-state index in [0.29, 0.717) is 5.75 Å². The zero-order valence-corrected chi connectivity index (χ0v) is 17.5. The zero-order valence-electron chi connectivity index (χ0n) is 16.7. The molecule has 0 radical (unpaired) electrons. The van der Waals surface area contributed by atoms with Crippen molar-refractivity contribution in [2.75, 3.05) is 11.1 Å². The minimum Gasteiger partial charge on any atom is -0.342 e. The average molecular weight is 401 g/mol. The summed E-state index contributed by atoms with van der Waals surface area (Å²) in [5, 5.41) is 4.24. The van der Waals surface area contributed by atoms with E-state index in [2.05, 4.69) is 70.7 Å². The summed E-state index contributed by atoms with van der Waals surface area (Å²) < 4.78 is 2.26. The van der Waals surface area contributed by atoms with Crippen molar-refractivity contribution < 1.29 is 4.79 Å². The lowest BCUT2D eigenvalue weighted by atomic mass is 10.1. The molecule has 146 valence electrons. The second-order valence-electron chi connectivity index (χ2n) is 7.28. The van der Waals surface area contributed by atoms with Crippen molar-refractivity contribution in [3.05, 3.63) is 95.7 Å². The average Bonchev–Trinajstić information content (AvgIpc) is 3.08. The summed E-state index contributed by atoms with van der Waals surface area (Å²) in [6.45, 7) is 4.86. The van der Waals surface area contributed by atoms with Gasteiger partial charge < -0.3 is 9.88 Å². The number of hydrogen-bond donors (Lipinski definition) is 1. The third kappa shape index (κ3) is 4.54. The molecule has 0 spiro atoms. The van der Waals surface area contributed by atoms with Crippen LogP contribution in [0.2, 0.25) is 0 Å². The van der Waals surface area contributed by atoms with Crippen LogP contribution in [0.15, 0.2) is 83.9 Å². The topological polar surface area (TPSA) is 34.0 Å². The van der Waals surface area contributed by atoms with Gasteiger partial charge in [-0.3, -0.25) is 4.79 Å². The number of para-hydroxylation sites is 1. The fourth-order valence-corrected chi connectivity index (χ4v) is 4.33. The van der Waals surface area contributed by atoms with Gasteiger partial charge in [-0.25, -0.2) is 0 Å². The van der Waals surface area contributed by atoms with Crippen LogP contribution in [-0.2, 0) is 11.3 Å². The maximum absolute atomic E-state index is 12.5. The molecule has 0 atom stereocenters. The zero-order chi connectivity index (χ0) is 20.2. The number of thioether (sulfide) groups is 1. The first-order valence-corrected chi connectivity index (χ1v) is 10.7. The number of aryl methyl sites for hydroxylation is 2. The van der Waals surface area contributed by atoms with E-state index in [4.69, 9.17) is 0 Å². The summed E-state index contributed by atoms with van der Waals surface area (Å²) >= 11 is 1.59. The van der Waals surface area contributed by atoms with Crippen LogP contribution in [0.25, 0.3) is 10.9 Å². The van der Waals surface area contributed by atoms with Crippen LogP contribution >= 0.6 is 11.8 Å². The van der Waals surface area contributed by atoms with Gasteiger partial charge in [0.2, 0.25) is 5.91 Å². The molecule has 0 aliphatic heterocycles. The van der Waals surface area contributed by atoms with E-state index in [-0.39, 0.29) is 5.91 Å². The van der Waals surface area contributed by atoms with E-state index in [1.807, 2.05) is 32.0 Å². The third-order valence-corrected chi connectivity index (χ3v) is 6.02. The molecule has 0 aliphatic carbocycles. The first kappa shape index (κ1) is 19.3. The second kappa shape index (κ2) is 8.58. The Morgan fingerprint density at radius 2 is 1.72 bits per heavy atom. The predicted molar refractivity (Wildman–Crippen MR) is 123 cm³/mol. The van der Waals surface area contributed by atoms with Gasteiger partial charge in [0.1, 0.15) is 0 Å². The van der Waals surface area contributed by atoms with Crippen molar-refractivity contribution in [1.82, 2.24) is 4.57 Å². The number of amides is 1. The number of hydrogen-bond acceptors (Lipinski definition) is 2. The van der Waals surface area contributed by atoms with Gasteiger partial charge in [0, 0.05) is 34.2 Å². The van der Waals surface area contributed by atoms with Crippen molar-refractivity contribution >= 4 is 34.3 Å². The lowest BCUT2D eigenvalue weighted by Crippen LogP contribution is -2.14. The summed E-state index contributed by atoms with van der Waals surface area (Å²) in [6, 6.07) is 24.9. The molecule has 0 saturated heterocycles. The number of rotatable bonds is 6. The molecule has 0 bridgehead atoms. The summed E-state index contributed by atoms with van der Waals surface area (Å²) in [5.41, 5.74) is 5.56. The van der Waals surface area contributed by atoms with Crippen LogP contribution in [0, 0.1) is 13.8 Å². The Hall–Kier alpha value is -2.98. The molecular weight excluding hydrogens is 376 g/mol. The molecular formula is C25H24N2OS. The predicted octanol–water partition coefficient (Wildman–Crippen LogP) is 6.04. The normalized spacial score (nSPS) is 11.0. The van der Waals surface area contributed by atoms with Gasteiger partial charge in [0.25, 0.3) is 0 Å². The highest BCUT2D eigenvalue weighted by Gasteiger charge is 2.12. The molecule has 4 rings (SSSR count). The van der Waals surface area contributed by atoms with Crippen LogP contribution in [0.4, 0.5) is 5.69 Å². The van der Waals surface area contributed by atoms with E-state index in [0.717, 1.165) is 28.3 Å². The van der Waals surface area contributed by atoms with Gasteiger partial charge in [-0.2, -0.15) is 0 Å². The van der Waals surface area contributed by atoms with Gasteiger partial charge in [-0.15, -0.1) is 11.8 Å². The van der Waals surface area contributed by atoms with E-state index >= 15 is 0 Å². The molecule has 3 aromatic carbocycles. The van der Waals surface area contributed by atoms with Gasteiger partial charge in [-0.05, 0) is 42.7 Å². The molecule has 3 nitrogen and oxygen atoms in total. The Balaban J connectivity index is 1.50. The number of carbonyl (C=O) groups excluding carboxylic acids is 1. The van der Waals surface area contributed by atoms with Gasteiger partial charge in [0.05, 0.1) is 5.75 Å². The highest BCUT2D eigenvalue weighted by molar-refractivity contribution is 8.00. The van der Waals surface area contributed by atoms with Gasteiger partial charge in [0.15, 0.2) is 0 Å². The maximum atomic E-state index is 12.5. The Bertz CT molecular complexity index is 1150. The molecule has 1 aromatic heterocycles. The van der Waals surface area contributed by atoms with Crippen molar-refractivity contribution in [2.45, 2.75) is 25.3 Å². The van der Waals surface area contributed by atoms with Crippen molar-refractivity contribution in [2.24, 2.45) is 0 Å². The number of nitrogens with one attached hydrogen (secondary N) is 1. The summed E-state index contributed by atoms with van der Waals surface area (Å²) in [7, 11) is 0. The standard InChI is InChI=1S/C25H24N2OS/c1-18-12-13-19(2)22(14-18)26-25(28)17-29-24-16-27(15-20-8-4-3-5-9-20)23-11-7-6-10-21(23)24/h3-14,16H,15,17H2,1-2H3,(H,26,28). The molecule has 0 saturated carbocycles. The number of nitrogens with zero attached hydrogens (tertiary/aromatic N) is 1. The third-order valence-electron chi connectivity index (χ3n) is 4.97. The van der Waals surface area contributed by atoms with E-state index < -0.39 is 0 Å². The Morgan fingerprint density at radius 1 is 0.966 bits per heavy atom.